The van der Waals surface area contributed by atoms with Gasteiger partial charge in [0.15, 0.2) is 0 Å². The van der Waals surface area contributed by atoms with E-state index in [9.17, 15) is 9.18 Å². The van der Waals surface area contributed by atoms with Gasteiger partial charge in [-0.3, -0.25) is 14.6 Å². The zero-order chi connectivity index (χ0) is 19.4. The van der Waals surface area contributed by atoms with Crippen molar-refractivity contribution >= 4 is 34.8 Å². The predicted molar refractivity (Wildman–Crippen MR) is 108 cm³/mol. The minimum Gasteiger partial charge on any atom is -0.323 e. The standard InChI is InChI=1S/C20H22Cl2FN3O/c1-14(20(27)24-18-8-4-6-16(21)19(18)22)26-11-9-25(10-12-26)13-15-5-2-3-7-17(15)23/h2-8,14H,9-13H2,1H3,(H,24,27). The molecule has 1 heterocycles. The van der Waals surface area contributed by atoms with Gasteiger partial charge in [0, 0.05) is 38.3 Å². The summed E-state index contributed by atoms with van der Waals surface area (Å²) in [5.74, 6) is -0.298. The van der Waals surface area contributed by atoms with Gasteiger partial charge in [0.1, 0.15) is 5.82 Å². The van der Waals surface area contributed by atoms with Crippen molar-refractivity contribution in [2.75, 3.05) is 31.5 Å². The summed E-state index contributed by atoms with van der Waals surface area (Å²) in [6.45, 7) is 5.51. The summed E-state index contributed by atoms with van der Waals surface area (Å²) < 4.78 is 13.8. The van der Waals surface area contributed by atoms with E-state index >= 15 is 0 Å². The summed E-state index contributed by atoms with van der Waals surface area (Å²) in [5, 5.41) is 3.59. The highest BCUT2D eigenvalue weighted by atomic mass is 35.5. The minimum atomic E-state index is -0.296. The van der Waals surface area contributed by atoms with Gasteiger partial charge in [0.05, 0.1) is 21.8 Å². The molecule has 3 rings (SSSR count). The Hall–Kier alpha value is -1.66. The molecule has 27 heavy (non-hydrogen) atoms. The maximum atomic E-state index is 13.8. The van der Waals surface area contributed by atoms with E-state index in [0.717, 1.165) is 26.2 Å². The molecule has 1 saturated heterocycles. The van der Waals surface area contributed by atoms with Crippen LogP contribution in [-0.2, 0) is 11.3 Å². The number of anilines is 1. The van der Waals surface area contributed by atoms with Gasteiger partial charge in [-0.2, -0.15) is 0 Å². The normalized spacial score (nSPS) is 16.9. The van der Waals surface area contributed by atoms with E-state index in [1.54, 1.807) is 24.3 Å². The number of halogens is 3. The third-order valence-corrected chi connectivity index (χ3v) is 5.71. The average molecular weight is 410 g/mol. The number of carbonyl (C=O) groups excluding carboxylic acids is 1. The summed E-state index contributed by atoms with van der Waals surface area (Å²) in [4.78, 5) is 16.9. The molecule has 0 aliphatic carbocycles. The van der Waals surface area contributed by atoms with Crippen molar-refractivity contribution in [2.45, 2.75) is 19.5 Å². The predicted octanol–water partition coefficient (Wildman–Crippen LogP) is 4.28. The largest absolute Gasteiger partial charge is 0.323 e. The fourth-order valence-electron chi connectivity index (χ4n) is 3.18. The van der Waals surface area contributed by atoms with Gasteiger partial charge in [-0.25, -0.2) is 4.39 Å². The van der Waals surface area contributed by atoms with Gasteiger partial charge in [-0.1, -0.05) is 47.5 Å². The van der Waals surface area contributed by atoms with Crippen LogP contribution in [0.4, 0.5) is 10.1 Å². The summed E-state index contributed by atoms with van der Waals surface area (Å²) >= 11 is 12.1. The van der Waals surface area contributed by atoms with Crippen LogP contribution in [0, 0.1) is 5.82 Å². The second-order valence-corrected chi connectivity index (χ2v) is 7.46. The summed E-state index contributed by atoms with van der Waals surface area (Å²) in [6, 6.07) is 11.7. The van der Waals surface area contributed by atoms with Crippen molar-refractivity contribution in [3.8, 4) is 0 Å². The van der Waals surface area contributed by atoms with Gasteiger partial charge in [0.2, 0.25) is 5.91 Å². The Kier molecular flexibility index (Phi) is 6.71. The smallest absolute Gasteiger partial charge is 0.241 e. The Morgan fingerprint density at radius 1 is 1.11 bits per heavy atom. The molecular formula is C20H22Cl2FN3O. The molecule has 0 spiro atoms. The van der Waals surface area contributed by atoms with Crippen molar-refractivity contribution in [1.29, 1.82) is 0 Å². The van der Waals surface area contributed by atoms with E-state index in [0.29, 0.717) is 27.8 Å². The van der Waals surface area contributed by atoms with Crippen LogP contribution in [0.25, 0.3) is 0 Å². The Bertz CT molecular complexity index is 810. The number of amides is 1. The SMILES string of the molecule is CC(C(=O)Nc1cccc(Cl)c1Cl)N1CCN(Cc2ccccc2F)CC1. The van der Waals surface area contributed by atoms with Crippen molar-refractivity contribution < 1.29 is 9.18 Å². The quantitative estimate of drug-likeness (QED) is 0.800. The van der Waals surface area contributed by atoms with Crippen molar-refractivity contribution in [3.05, 3.63) is 63.9 Å². The second kappa shape index (κ2) is 9.02. The number of rotatable bonds is 5. The monoisotopic (exact) mass is 409 g/mol. The van der Waals surface area contributed by atoms with Gasteiger partial charge >= 0.3 is 0 Å². The molecule has 1 aliphatic heterocycles. The number of piperazine rings is 1. The van der Waals surface area contributed by atoms with E-state index < -0.39 is 0 Å². The molecule has 0 saturated carbocycles. The van der Waals surface area contributed by atoms with Crippen LogP contribution in [0.2, 0.25) is 10.0 Å². The Labute approximate surface area is 168 Å². The van der Waals surface area contributed by atoms with Crippen LogP contribution in [0.1, 0.15) is 12.5 Å². The maximum absolute atomic E-state index is 13.8. The van der Waals surface area contributed by atoms with Crippen LogP contribution in [0.5, 0.6) is 0 Å². The molecule has 0 aromatic heterocycles. The number of carbonyl (C=O) groups is 1. The number of hydrogen-bond acceptors (Lipinski definition) is 3. The molecule has 1 unspecified atom stereocenters. The van der Waals surface area contributed by atoms with Gasteiger partial charge in [-0.05, 0) is 25.1 Å². The molecule has 0 bridgehead atoms. The fraction of sp³-hybridized carbons (Fsp3) is 0.350. The first-order valence-electron chi connectivity index (χ1n) is 8.90. The molecule has 4 nitrogen and oxygen atoms in total. The lowest BCUT2D eigenvalue weighted by atomic mass is 10.1. The molecule has 1 aliphatic rings. The molecule has 1 atom stereocenters. The molecule has 1 fully saturated rings. The molecule has 144 valence electrons. The number of nitrogens with zero attached hydrogens (tertiary/aromatic N) is 2. The van der Waals surface area contributed by atoms with Crippen LogP contribution in [-0.4, -0.2) is 47.9 Å². The zero-order valence-electron chi connectivity index (χ0n) is 15.1. The van der Waals surface area contributed by atoms with Crippen molar-refractivity contribution in [3.63, 3.8) is 0 Å². The van der Waals surface area contributed by atoms with Crippen molar-refractivity contribution in [1.82, 2.24) is 9.80 Å². The highest BCUT2D eigenvalue weighted by Gasteiger charge is 2.26. The Morgan fingerprint density at radius 2 is 1.81 bits per heavy atom. The third-order valence-electron chi connectivity index (χ3n) is 4.90. The molecule has 0 radical (unpaired) electrons. The van der Waals surface area contributed by atoms with E-state index in [4.69, 9.17) is 23.2 Å². The lowest BCUT2D eigenvalue weighted by molar-refractivity contribution is -0.121. The highest BCUT2D eigenvalue weighted by molar-refractivity contribution is 6.44. The van der Waals surface area contributed by atoms with Crippen LogP contribution in [0.3, 0.4) is 0 Å². The third kappa shape index (κ3) is 4.99. The van der Waals surface area contributed by atoms with Crippen LogP contribution in [0.15, 0.2) is 42.5 Å². The second-order valence-electron chi connectivity index (χ2n) is 6.67. The van der Waals surface area contributed by atoms with E-state index in [1.807, 2.05) is 19.1 Å². The van der Waals surface area contributed by atoms with Crippen LogP contribution >= 0.6 is 23.2 Å². The highest BCUT2D eigenvalue weighted by Crippen LogP contribution is 2.29. The summed E-state index contributed by atoms with van der Waals surface area (Å²) in [5.41, 5.74) is 1.21. The zero-order valence-corrected chi connectivity index (χ0v) is 16.6. The number of hydrogen-bond donors (Lipinski definition) is 1. The molecule has 2 aromatic rings. The van der Waals surface area contributed by atoms with E-state index in [-0.39, 0.29) is 17.8 Å². The van der Waals surface area contributed by atoms with Crippen molar-refractivity contribution in [2.24, 2.45) is 0 Å². The first-order chi connectivity index (χ1) is 13.0. The van der Waals surface area contributed by atoms with Crippen LogP contribution < -0.4 is 5.32 Å². The minimum absolute atomic E-state index is 0.123. The molecular weight excluding hydrogens is 388 g/mol. The lowest BCUT2D eigenvalue weighted by Gasteiger charge is -2.37. The topological polar surface area (TPSA) is 35.6 Å². The fourth-order valence-corrected chi connectivity index (χ4v) is 3.53. The summed E-state index contributed by atoms with van der Waals surface area (Å²) in [6.07, 6.45) is 0. The Balaban J connectivity index is 1.53. The van der Waals surface area contributed by atoms with Gasteiger partial charge in [-0.15, -0.1) is 0 Å². The van der Waals surface area contributed by atoms with E-state index in [1.165, 1.54) is 6.07 Å². The molecule has 2 aromatic carbocycles. The van der Waals surface area contributed by atoms with E-state index in [2.05, 4.69) is 15.1 Å². The average Bonchev–Trinajstić information content (AvgIpc) is 2.67. The molecule has 1 N–H and O–H groups in total. The maximum Gasteiger partial charge on any atom is 0.241 e. The number of nitrogens with one attached hydrogen (secondary N) is 1. The number of benzene rings is 2. The molecule has 7 heteroatoms. The summed E-state index contributed by atoms with van der Waals surface area (Å²) in [7, 11) is 0. The Morgan fingerprint density at radius 3 is 2.52 bits per heavy atom. The molecule has 1 amide bonds. The lowest BCUT2D eigenvalue weighted by Crippen LogP contribution is -2.52. The first kappa shape index (κ1) is 20.1. The van der Waals surface area contributed by atoms with Gasteiger partial charge < -0.3 is 5.32 Å². The first-order valence-corrected chi connectivity index (χ1v) is 9.66. The van der Waals surface area contributed by atoms with Gasteiger partial charge in [0.25, 0.3) is 0 Å².